The molecule has 2 heterocycles. The number of carbonyl (C=O) groups is 2. The summed E-state index contributed by atoms with van der Waals surface area (Å²) in [5.74, 6) is 0.191. The molecule has 0 spiro atoms. The largest absolute Gasteiger partial charge is 0.491 e. The molecule has 4 rings (SSSR count). The molecule has 0 fully saturated rings. The summed E-state index contributed by atoms with van der Waals surface area (Å²) in [6.45, 7) is 2.83. The molecule has 4 aromatic rings. The number of methoxy groups -OCH3 is 2. The number of pyridine rings is 2. The highest BCUT2D eigenvalue weighted by atomic mass is 35.5. The van der Waals surface area contributed by atoms with Crippen LogP contribution in [0.1, 0.15) is 38.8 Å². The first kappa shape index (κ1) is 38.0. The summed E-state index contributed by atoms with van der Waals surface area (Å²) < 4.78 is 20.8. The third-order valence-electron chi connectivity index (χ3n) is 6.26. The summed E-state index contributed by atoms with van der Waals surface area (Å²) in [6, 6.07) is 18.2. The molecule has 2 aromatic heterocycles. The monoisotopic (exact) mass is 671 g/mol. The van der Waals surface area contributed by atoms with Gasteiger partial charge in [-0.3, -0.25) is 9.97 Å². The molecule has 246 valence electrons. The van der Waals surface area contributed by atoms with Crippen molar-refractivity contribution < 1.29 is 33.6 Å². The van der Waals surface area contributed by atoms with E-state index < -0.39 is 11.9 Å². The van der Waals surface area contributed by atoms with Crippen molar-refractivity contribution in [2.75, 3.05) is 34.5 Å². The molecule has 0 bridgehead atoms. The van der Waals surface area contributed by atoms with Gasteiger partial charge in [-0.15, -0.1) is 0 Å². The number of ether oxygens (including phenoxy) is 4. The Morgan fingerprint density at radius 2 is 1.13 bits per heavy atom. The Hall–Kier alpha value is -4.22. The Morgan fingerprint density at radius 1 is 0.717 bits per heavy atom. The lowest BCUT2D eigenvalue weighted by atomic mass is 10.0. The van der Waals surface area contributed by atoms with E-state index in [2.05, 4.69) is 16.9 Å². The lowest BCUT2D eigenvalue weighted by Gasteiger charge is -2.14. The highest BCUT2D eigenvalue weighted by Crippen LogP contribution is 2.20. The molecule has 0 aliphatic rings. The van der Waals surface area contributed by atoms with Crippen molar-refractivity contribution in [2.45, 2.75) is 25.8 Å². The molecule has 12 heteroatoms. The van der Waals surface area contributed by atoms with Crippen LogP contribution in [0.4, 0.5) is 0 Å². The molecule has 10 nitrogen and oxygen atoms in total. The number of carbonyl (C=O) groups excluding carboxylic acids is 2. The summed E-state index contributed by atoms with van der Waals surface area (Å²) in [7, 11) is 3.66. The molecule has 0 amide bonds. The Bertz CT molecular complexity index is 1380. The molecule has 0 saturated heterocycles. The van der Waals surface area contributed by atoms with Gasteiger partial charge in [0.1, 0.15) is 17.7 Å². The fourth-order valence-corrected chi connectivity index (χ4v) is 4.29. The summed E-state index contributed by atoms with van der Waals surface area (Å²) in [6.07, 6.45) is 7.56. The molecule has 0 radical (unpaired) electrons. The number of hydrogen-bond acceptors (Lipinski definition) is 10. The van der Waals surface area contributed by atoms with E-state index in [0.29, 0.717) is 40.7 Å². The van der Waals surface area contributed by atoms with Crippen LogP contribution >= 0.6 is 23.2 Å². The second-order valence-electron chi connectivity index (χ2n) is 9.88. The van der Waals surface area contributed by atoms with Crippen molar-refractivity contribution in [3.8, 4) is 11.5 Å². The van der Waals surface area contributed by atoms with Crippen LogP contribution in [0.3, 0.4) is 0 Å². The second-order valence-corrected chi connectivity index (χ2v) is 10.7. The molecule has 0 aliphatic carbocycles. The lowest BCUT2D eigenvalue weighted by Crippen LogP contribution is -2.30. The van der Waals surface area contributed by atoms with Crippen molar-refractivity contribution in [3.05, 3.63) is 118 Å². The minimum absolute atomic E-state index is 0.216. The van der Waals surface area contributed by atoms with Crippen LogP contribution < -0.4 is 15.2 Å². The first-order valence-electron chi connectivity index (χ1n) is 14.2. The van der Waals surface area contributed by atoms with E-state index in [1.807, 2.05) is 48.5 Å². The van der Waals surface area contributed by atoms with Gasteiger partial charge >= 0.3 is 11.9 Å². The van der Waals surface area contributed by atoms with Crippen LogP contribution in [0.2, 0.25) is 10.0 Å². The molecule has 2 atom stereocenters. The van der Waals surface area contributed by atoms with Gasteiger partial charge in [0.15, 0.2) is 11.5 Å². The van der Waals surface area contributed by atoms with Gasteiger partial charge in [-0.2, -0.15) is 0 Å². The van der Waals surface area contributed by atoms with E-state index in [4.69, 9.17) is 53.0 Å². The number of aliphatic hydroxyl groups is 1. The zero-order valence-electron chi connectivity index (χ0n) is 26.2. The van der Waals surface area contributed by atoms with E-state index in [1.54, 1.807) is 12.1 Å². The van der Waals surface area contributed by atoms with Crippen molar-refractivity contribution in [1.29, 1.82) is 0 Å². The SMILES string of the molecule is CO.COC(=O)c1ccncc1OCC(C)Cc1ccc(Cl)cc1.COC(=O)c1ccncc1OCC(N)Cc1ccc(Cl)cc1. The zero-order valence-corrected chi connectivity index (χ0v) is 27.7. The van der Waals surface area contributed by atoms with Crippen LogP contribution in [-0.4, -0.2) is 67.6 Å². The molecule has 46 heavy (non-hydrogen) atoms. The van der Waals surface area contributed by atoms with E-state index in [1.165, 1.54) is 44.6 Å². The predicted molar refractivity (Wildman–Crippen MR) is 178 cm³/mol. The van der Waals surface area contributed by atoms with Crippen molar-refractivity contribution in [2.24, 2.45) is 11.7 Å². The Kier molecular flexibility index (Phi) is 17.1. The maximum absolute atomic E-state index is 11.7. The molecule has 2 aromatic carbocycles. The zero-order chi connectivity index (χ0) is 33.9. The third-order valence-corrected chi connectivity index (χ3v) is 6.77. The highest BCUT2D eigenvalue weighted by molar-refractivity contribution is 6.30. The minimum Gasteiger partial charge on any atom is -0.491 e. The molecule has 0 saturated carbocycles. The summed E-state index contributed by atoms with van der Waals surface area (Å²) in [5, 5.41) is 8.41. The second kappa shape index (κ2) is 20.7. The first-order valence-corrected chi connectivity index (χ1v) is 14.9. The Morgan fingerprint density at radius 3 is 1.57 bits per heavy atom. The molecule has 0 aliphatic heterocycles. The number of aliphatic hydroxyl groups excluding tert-OH is 1. The number of nitrogens with two attached hydrogens (primary N) is 1. The smallest absolute Gasteiger partial charge is 0.341 e. The van der Waals surface area contributed by atoms with Crippen molar-refractivity contribution in [3.63, 3.8) is 0 Å². The van der Waals surface area contributed by atoms with Crippen molar-refractivity contribution in [1.82, 2.24) is 9.97 Å². The third kappa shape index (κ3) is 13.0. The maximum atomic E-state index is 11.7. The quantitative estimate of drug-likeness (QED) is 0.176. The Labute approximate surface area is 279 Å². The summed E-state index contributed by atoms with van der Waals surface area (Å²) in [4.78, 5) is 31.2. The van der Waals surface area contributed by atoms with Crippen LogP contribution in [0.15, 0.2) is 85.5 Å². The number of nitrogens with zero attached hydrogens (tertiary/aromatic N) is 2. The van der Waals surface area contributed by atoms with Crippen molar-refractivity contribution >= 4 is 35.1 Å². The lowest BCUT2D eigenvalue weighted by molar-refractivity contribution is 0.0586. The predicted octanol–water partition coefficient (Wildman–Crippen LogP) is 5.86. The van der Waals surface area contributed by atoms with Gasteiger partial charge in [0.25, 0.3) is 0 Å². The summed E-state index contributed by atoms with van der Waals surface area (Å²) in [5.41, 5.74) is 9.03. The molecule has 2 unspecified atom stereocenters. The molecular weight excluding hydrogens is 633 g/mol. The fourth-order valence-electron chi connectivity index (χ4n) is 4.04. The number of benzene rings is 2. The van der Waals surface area contributed by atoms with Gasteiger partial charge in [0, 0.05) is 35.6 Å². The average molecular weight is 673 g/mol. The van der Waals surface area contributed by atoms with E-state index in [9.17, 15) is 9.59 Å². The number of halogens is 2. The first-order chi connectivity index (χ1) is 22.2. The van der Waals surface area contributed by atoms with E-state index in [-0.39, 0.29) is 18.6 Å². The topological polar surface area (TPSA) is 143 Å². The number of rotatable bonds is 12. The highest BCUT2D eigenvalue weighted by Gasteiger charge is 2.15. The average Bonchev–Trinajstić information content (AvgIpc) is 3.09. The standard InChI is InChI=1S/C17H18ClNO3.C16H17ClN2O3.CH4O/c1-12(9-13-3-5-14(18)6-4-13)11-22-16-10-19-8-7-15(16)17(20)21-2;1-21-16(20)14-6-7-19-9-15(14)22-10-13(18)8-11-2-4-12(17)5-3-11;1-2/h3-8,10,12H,9,11H2,1-2H3;2-7,9,13H,8,10,18H2,1H3;2H,1H3. The van der Waals surface area contributed by atoms with Gasteiger partial charge in [-0.25, -0.2) is 9.59 Å². The van der Waals surface area contributed by atoms with Crippen LogP contribution in [-0.2, 0) is 22.3 Å². The van der Waals surface area contributed by atoms with Crippen LogP contribution in [0.5, 0.6) is 11.5 Å². The number of hydrogen-bond donors (Lipinski definition) is 2. The van der Waals surface area contributed by atoms with Crippen LogP contribution in [0.25, 0.3) is 0 Å². The Balaban J connectivity index is 0.000000304. The van der Waals surface area contributed by atoms with Gasteiger partial charge in [-0.1, -0.05) is 54.4 Å². The summed E-state index contributed by atoms with van der Waals surface area (Å²) >= 11 is 11.7. The maximum Gasteiger partial charge on any atom is 0.341 e. The molecular formula is C34H39Cl2N3O7. The number of esters is 2. The van der Waals surface area contributed by atoms with E-state index in [0.717, 1.165) is 24.1 Å². The van der Waals surface area contributed by atoms with Gasteiger partial charge in [-0.05, 0) is 66.3 Å². The fraction of sp³-hybridized carbons (Fsp3) is 0.294. The normalized spacial score (nSPS) is 11.4. The molecule has 3 N–H and O–H groups in total. The van der Waals surface area contributed by atoms with Gasteiger partial charge in [0.05, 0.1) is 33.2 Å². The number of aromatic nitrogens is 2. The van der Waals surface area contributed by atoms with E-state index >= 15 is 0 Å². The minimum atomic E-state index is -0.469. The van der Waals surface area contributed by atoms with Crippen LogP contribution in [0, 0.1) is 5.92 Å². The van der Waals surface area contributed by atoms with Gasteiger partial charge in [0.2, 0.25) is 0 Å². The van der Waals surface area contributed by atoms with Gasteiger partial charge < -0.3 is 29.8 Å².